The predicted octanol–water partition coefficient (Wildman–Crippen LogP) is 1.88. The number of carbonyl (C=O) groups is 3. The minimum absolute atomic E-state index is 0.0493. The lowest BCUT2D eigenvalue weighted by atomic mass is 10.0. The minimum Gasteiger partial charge on any atom is -0.462 e. The van der Waals surface area contributed by atoms with Crippen molar-refractivity contribution in [1.82, 2.24) is 5.32 Å². The van der Waals surface area contributed by atoms with Crippen LogP contribution in [0.4, 0.5) is 5.69 Å². The van der Waals surface area contributed by atoms with Gasteiger partial charge in [-0.15, -0.1) is 0 Å². The van der Waals surface area contributed by atoms with Crippen LogP contribution in [-0.2, 0) is 19.1 Å². The third-order valence-electron chi connectivity index (χ3n) is 4.79. The Bertz CT molecular complexity index is 676. The molecule has 1 saturated heterocycles. The van der Waals surface area contributed by atoms with Gasteiger partial charge in [-0.1, -0.05) is 0 Å². The zero-order valence-corrected chi connectivity index (χ0v) is 14.9. The van der Waals surface area contributed by atoms with Gasteiger partial charge >= 0.3 is 5.97 Å². The van der Waals surface area contributed by atoms with E-state index in [0.29, 0.717) is 37.2 Å². The Balaban J connectivity index is 1.54. The van der Waals surface area contributed by atoms with E-state index in [1.54, 1.807) is 31.2 Å². The average Bonchev–Trinajstić information content (AvgIpc) is 3.30. The monoisotopic (exact) mass is 360 g/mol. The molecule has 7 heteroatoms. The second-order valence-electron chi connectivity index (χ2n) is 6.68. The van der Waals surface area contributed by atoms with Crippen LogP contribution in [0.15, 0.2) is 24.3 Å². The number of ether oxygens (including phenoxy) is 2. The molecule has 1 aliphatic heterocycles. The topological polar surface area (TPSA) is 93.7 Å². The molecular weight excluding hydrogens is 336 g/mol. The number of esters is 1. The molecule has 0 aromatic heterocycles. The van der Waals surface area contributed by atoms with Crippen LogP contribution in [0.2, 0.25) is 0 Å². The Morgan fingerprint density at radius 2 is 1.92 bits per heavy atom. The molecule has 2 amide bonds. The Morgan fingerprint density at radius 3 is 2.50 bits per heavy atom. The van der Waals surface area contributed by atoms with Crippen LogP contribution in [0.1, 0.15) is 43.0 Å². The first-order chi connectivity index (χ1) is 12.5. The number of amides is 2. The summed E-state index contributed by atoms with van der Waals surface area (Å²) in [7, 11) is 0. The van der Waals surface area contributed by atoms with Gasteiger partial charge < -0.3 is 20.1 Å². The fourth-order valence-electron chi connectivity index (χ4n) is 3.02. The summed E-state index contributed by atoms with van der Waals surface area (Å²) in [6, 6.07) is 6.43. The standard InChI is InChI=1S/C19H24N2O5/c1-2-25-16(22)13-5-7-14(8-6-13)21-18(24)19(9-10-19)17(23)20-12-15-4-3-11-26-15/h5-8,15H,2-4,9-12H2,1H3,(H,20,23)(H,21,24). The largest absolute Gasteiger partial charge is 0.462 e. The number of nitrogens with one attached hydrogen (secondary N) is 2. The zero-order valence-electron chi connectivity index (χ0n) is 14.9. The van der Waals surface area contributed by atoms with Gasteiger partial charge in [0, 0.05) is 18.8 Å². The van der Waals surface area contributed by atoms with E-state index in [4.69, 9.17) is 9.47 Å². The first-order valence-corrected chi connectivity index (χ1v) is 9.04. The number of benzene rings is 1. The summed E-state index contributed by atoms with van der Waals surface area (Å²) in [5.41, 5.74) is -0.0279. The highest BCUT2D eigenvalue weighted by Gasteiger charge is 2.56. The molecule has 1 aromatic rings. The fraction of sp³-hybridized carbons (Fsp3) is 0.526. The third-order valence-corrected chi connectivity index (χ3v) is 4.79. The first-order valence-electron chi connectivity index (χ1n) is 9.04. The van der Waals surface area contributed by atoms with Gasteiger partial charge in [0.15, 0.2) is 0 Å². The maximum Gasteiger partial charge on any atom is 0.338 e. The van der Waals surface area contributed by atoms with Crippen molar-refractivity contribution in [2.75, 3.05) is 25.1 Å². The highest BCUT2D eigenvalue weighted by molar-refractivity contribution is 6.13. The van der Waals surface area contributed by atoms with Crippen molar-refractivity contribution in [3.8, 4) is 0 Å². The molecule has 1 unspecified atom stereocenters. The van der Waals surface area contributed by atoms with Gasteiger partial charge in [0.2, 0.25) is 11.8 Å². The van der Waals surface area contributed by atoms with Crippen molar-refractivity contribution in [3.05, 3.63) is 29.8 Å². The molecule has 1 atom stereocenters. The number of hydrogen-bond acceptors (Lipinski definition) is 5. The van der Waals surface area contributed by atoms with E-state index in [1.807, 2.05) is 0 Å². The third kappa shape index (κ3) is 4.04. The summed E-state index contributed by atoms with van der Waals surface area (Å²) in [6.45, 7) is 3.22. The SMILES string of the molecule is CCOC(=O)c1ccc(NC(=O)C2(C(=O)NCC3CCCO3)CC2)cc1. The molecule has 0 bridgehead atoms. The summed E-state index contributed by atoms with van der Waals surface area (Å²) < 4.78 is 10.4. The molecule has 7 nitrogen and oxygen atoms in total. The van der Waals surface area contributed by atoms with Gasteiger partial charge in [-0.05, 0) is 56.9 Å². The maximum atomic E-state index is 12.6. The molecule has 1 saturated carbocycles. The van der Waals surface area contributed by atoms with Gasteiger partial charge in [0.25, 0.3) is 0 Å². The predicted molar refractivity (Wildman–Crippen MR) is 94.7 cm³/mol. The van der Waals surface area contributed by atoms with Crippen molar-refractivity contribution >= 4 is 23.5 Å². The van der Waals surface area contributed by atoms with Crippen molar-refractivity contribution < 1.29 is 23.9 Å². The van der Waals surface area contributed by atoms with Gasteiger partial charge in [0.1, 0.15) is 5.41 Å². The number of carbonyl (C=O) groups excluding carboxylic acids is 3. The van der Waals surface area contributed by atoms with Crippen LogP contribution in [0.3, 0.4) is 0 Å². The first kappa shape index (κ1) is 18.4. The Hall–Kier alpha value is -2.41. The van der Waals surface area contributed by atoms with Gasteiger partial charge in [-0.3, -0.25) is 9.59 Å². The molecule has 26 heavy (non-hydrogen) atoms. The van der Waals surface area contributed by atoms with Gasteiger partial charge in [-0.25, -0.2) is 4.79 Å². The molecule has 1 heterocycles. The molecular formula is C19H24N2O5. The van der Waals surface area contributed by atoms with Crippen molar-refractivity contribution in [1.29, 1.82) is 0 Å². The summed E-state index contributed by atoms with van der Waals surface area (Å²) in [5, 5.41) is 5.61. The second kappa shape index (κ2) is 7.86. The highest BCUT2D eigenvalue weighted by atomic mass is 16.5. The summed E-state index contributed by atoms with van der Waals surface area (Å²) in [6.07, 6.45) is 3.07. The number of hydrogen-bond donors (Lipinski definition) is 2. The molecule has 1 aromatic carbocycles. The molecule has 2 N–H and O–H groups in total. The Labute approximate surface area is 152 Å². The van der Waals surface area contributed by atoms with Crippen molar-refractivity contribution in [2.24, 2.45) is 5.41 Å². The van der Waals surface area contributed by atoms with E-state index in [9.17, 15) is 14.4 Å². The van der Waals surface area contributed by atoms with E-state index in [1.165, 1.54) is 0 Å². The van der Waals surface area contributed by atoms with E-state index in [2.05, 4.69) is 10.6 Å². The van der Waals surface area contributed by atoms with E-state index >= 15 is 0 Å². The quantitative estimate of drug-likeness (QED) is 0.572. The lowest BCUT2D eigenvalue weighted by Crippen LogP contribution is -2.42. The summed E-state index contributed by atoms with van der Waals surface area (Å²) in [4.78, 5) is 36.6. The molecule has 0 radical (unpaired) electrons. The fourth-order valence-corrected chi connectivity index (χ4v) is 3.02. The molecule has 3 rings (SSSR count). The van der Waals surface area contributed by atoms with E-state index < -0.39 is 11.4 Å². The van der Waals surface area contributed by atoms with Crippen LogP contribution in [0.25, 0.3) is 0 Å². The normalized spacial score (nSPS) is 20.3. The van der Waals surface area contributed by atoms with Crippen molar-refractivity contribution in [3.63, 3.8) is 0 Å². The van der Waals surface area contributed by atoms with Crippen LogP contribution in [0.5, 0.6) is 0 Å². The van der Waals surface area contributed by atoms with Crippen LogP contribution in [-0.4, -0.2) is 43.6 Å². The molecule has 2 fully saturated rings. The van der Waals surface area contributed by atoms with E-state index in [0.717, 1.165) is 19.4 Å². The Kier molecular flexibility index (Phi) is 5.56. The zero-order chi connectivity index (χ0) is 18.6. The summed E-state index contributed by atoms with van der Waals surface area (Å²) >= 11 is 0. The smallest absolute Gasteiger partial charge is 0.338 e. The number of anilines is 1. The minimum atomic E-state index is -0.988. The number of rotatable bonds is 7. The van der Waals surface area contributed by atoms with E-state index in [-0.39, 0.29) is 17.9 Å². The molecule has 2 aliphatic rings. The van der Waals surface area contributed by atoms with Gasteiger partial charge in [-0.2, -0.15) is 0 Å². The summed E-state index contributed by atoms with van der Waals surface area (Å²) in [5.74, 6) is -0.961. The molecule has 1 aliphatic carbocycles. The van der Waals surface area contributed by atoms with Crippen LogP contribution < -0.4 is 10.6 Å². The Morgan fingerprint density at radius 1 is 1.19 bits per heavy atom. The lowest BCUT2D eigenvalue weighted by Gasteiger charge is -2.17. The second-order valence-corrected chi connectivity index (χ2v) is 6.68. The van der Waals surface area contributed by atoms with Crippen LogP contribution in [0, 0.1) is 5.41 Å². The maximum absolute atomic E-state index is 12.6. The van der Waals surface area contributed by atoms with Crippen LogP contribution >= 0.6 is 0 Å². The lowest BCUT2D eigenvalue weighted by molar-refractivity contribution is -0.134. The molecule has 140 valence electrons. The molecule has 0 spiro atoms. The highest BCUT2D eigenvalue weighted by Crippen LogP contribution is 2.46. The average molecular weight is 360 g/mol. The van der Waals surface area contributed by atoms with Gasteiger partial charge in [0.05, 0.1) is 18.3 Å². The van der Waals surface area contributed by atoms with Crippen molar-refractivity contribution in [2.45, 2.75) is 38.7 Å².